The Hall–Kier alpha value is -1.27. The van der Waals surface area contributed by atoms with Crippen LogP contribution in [0.1, 0.15) is 6.92 Å². The van der Waals surface area contributed by atoms with Crippen LogP contribution in [0.2, 0.25) is 0 Å². The van der Waals surface area contributed by atoms with Gasteiger partial charge >= 0.3 is 0 Å². The van der Waals surface area contributed by atoms with Crippen LogP contribution in [-0.2, 0) is 0 Å². The van der Waals surface area contributed by atoms with E-state index in [0.29, 0.717) is 12.0 Å². The van der Waals surface area contributed by atoms with Gasteiger partial charge in [0, 0.05) is 45.3 Å². The van der Waals surface area contributed by atoms with Crippen LogP contribution in [0.3, 0.4) is 0 Å². The van der Waals surface area contributed by atoms with Gasteiger partial charge in [0.1, 0.15) is 0 Å². The van der Waals surface area contributed by atoms with Crippen LogP contribution in [0.25, 0.3) is 0 Å². The normalized spacial score (nSPS) is 22.5. The molecule has 0 bridgehead atoms. The second-order valence-corrected chi connectivity index (χ2v) is 5.23. The van der Waals surface area contributed by atoms with Crippen molar-refractivity contribution in [3.05, 3.63) is 18.2 Å². The van der Waals surface area contributed by atoms with Crippen molar-refractivity contribution < 1.29 is 4.39 Å². The van der Waals surface area contributed by atoms with Crippen LogP contribution in [0.4, 0.5) is 10.3 Å². The van der Waals surface area contributed by atoms with E-state index in [0.717, 1.165) is 32.7 Å². The number of hydrogen-bond donors (Lipinski definition) is 0. The first-order chi connectivity index (χ1) is 9.26. The van der Waals surface area contributed by atoms with Crippen LogP contribution >= 0.6 is 0 Å². The van der Waals surface area contributed by atoms with Gasteiger partial charge in [-0.2, -0.15) is 0 Å². The fraction of sp³-hybridized carbons (Fsp3) is 0.692. The minimum Gasteiger partial charge on any atom is -0.338 e. The molecule has 0 radical (unpaired) electrons. The van der Waals surface area contributed by atoms with Gasteiger partial charge in [0.05, 0.1) is 12.4 Å². The van der Waals surface area contributed by atoms with E-state index in [1.165, 1.54) is 25.5 Å². The molecule has 0 spiro atoms. The molecule has 3 rings (SSSR count). The number of hydrogen-bond acceptors (Lipinski definition) is 5. The Morgan fingerprint density at radius 1 is 1.16 bits per heavy atom. The predicted molar refractivity (Wildman–Crippen MR) is 71.7 cm³/mol. The van der Waals surface area contributed by atoms with E-state index >= 15 is 0 Å². The number of halogens is 1. The first kappa shape index (κ1) is 12.7. The number of likely N-dealkylation sites (N-methyl/N-ethyl adjacent to an activating group) is 1. The first-order valence-electron chi connectivity index (χ1n) is 6.95. The summed E-state index contributed by atoms with van der Waals surface area (Å²) in [5.74, 6) is 0.265. The number of anilines is 1. The van der Waals surface area contributed by atoms with Crippen molar-refractivity contribution in [2.75, 3.05) is 50.7 Å². The molecule has 0 aliphatic carbocycles. The average molecular weight is 265 g/mol. The zero-order valence-electron chi connectivity index (χ0n) is 11.3. The van der Waals surface area contributed by atoms with E-state index in [1.54, 1.807) is 0 Å². The molecule has 3 heterocycles. The summed E-state index contributed by atoms with van der Waals surface area (Å²) in [6.45, 7) is 9.91. The standard InChI is InChI=1S/C13H20FN5/c1-2-17-3-5-18(6-4-17)12-9-19(10-12)13-15-7-11(14)8-16-13/h7-8,12H,2-6,9-10H2,1H3. The lowest BCUT2D eigenvalue weighted by molar-refractivity contribution is 0.0856. The van der Waals surface area contributed by atoms with Gasteiger partial charge < -0.3 is 9.80 Å². The zero-order chi connectivity index (χ0) is 13.2. The van der Waals surface area contributed by atoms with Gasteiger partial charge in [-0.05, 0) is 6.54 Å². The van der Waals surface area contributed by atoms with Crippen molar-refractivity contribution in [2.45, 2.75) is 13.0 Å². The van der Waals surface area contributed by atoms with Crippen molar-refractivity contribution in [3.8, 4) is 0 Å². The van der Waals surface area contributed by atoms with E-state index in [1.807, 2.05) is 0 Å². The third-order valence-corrected chi connectivity index (χ3v) is 4.12. The van der Waals surface area contributed by atoms with Crippen LogP contribution < -0.4 is 4.90 Å². The Morgan fingerprint density at radius 3 is 2.37 bits per heavy atom. The summed E-state index contributed by atoms with van der Waals surface area (Å²) in [6.07, 6.45) is 2.46. The predicted octanol–water partition coefficient (Wildman–Crippen LogP) is 0.442. The number of piperazine rings is 1. The lowest BCUT2D eigenvalue weighted by Gasteiger charge is -2.48. The molecule has 0 aromatic carbocycles. The highest BCUT2D eigenvalue weighted by molar-refractivity contribution is 5.34. The topological polar surface area (TPSA) is 35.5 Å². The zero-order valence-corrected chi connectivity index (χ0v) is 11.3. The van der Waals surface area contributed by atoms with Gasteiger partial charge in [0.2, 0.25) is 5.95 Å². The van der Waals surface area contributed by atoms with Crippen LogP contribution in [0.15, 0.2) is 12.4 Å². The molecule has 1 aromatic heterocycles. The van der Waals surface area contributed by atoms with Crippen molar-refractivity contribution in [1.29, 1.82) is 0 Å². The van der Waals surface area contributed by atoms with Gasteiger partial charge in [-0.3, -0.25) is 4.90 Å². The molecule has 0 saturated carbocycles. The second kappa shape index (κ2) is 5.38. The highest BCUT2D eigenvalue weighted by Crippen LogP contribution is 2.21. The second-order valence-electron chi connectivity index (χ2n) is 5.23. The molecule has 1 aromatic rings. The van der Waals surface area contributed by atoms with Crippen molar-refractivity contribution in [1.82, 2.24) is 19.8 Å². The lowest BCUT2D eigenvalue weighted by atomic mass is 10.1. The van der Waals surface area contributed by atoms with Crippen LogP contribution in [-0.4, -0.2) is 71.6 Å². The molecule has 19 heavy (non-hydrogen) atoms. The Balaban J connectivity index is 1.49. The smallest absolute Gasteiger partial charge is 0.225 e. The average Bonchev–Trinajstić information content (AvgIpc) is 2.40. The van der Waals surface area contributed by atoms with E-state index in [4.69, 9.17) is 0 Å². The van der Waals surface area contributed by atoms with E-state index in [-0.39, 0.29) is 5.82 Å². The molecule has 5 nitrogen and oxygen atoms in total. The fourth-order valence-corrected chi connectivity index (χ4v) is 2.76. The Labute approximate surface area is 113 Å². The van der Waals surface area contributed by atoms with Crippen LogP contribution in [0, 0.1) is 5.82 Å². The summed E-state index contributed by atoms with van der Waals surface area (Å²) in [5.41, 5.74) is 0. The molecule has 0 amide bonds. The SMILES string of the molecule is CCN1CCN(C2CN(c3ncc(F)cn3)C2)CC1. The molecule has 2 aliphatic rings. The summed E-state index contributed by atoms with van der Waals surface area (Å²) < 4.78 is 12.8. The maximum atomic E-state index is 12.8. The molecule has 0 N–H and O–H groups in total. The number of aromatic nitrogens is 2. The summed E-state index contributed by atoms with van der Waals surface area (Å²) in [5, 5.41) is 0. The molecule has 2 aliphatic heterocycles. The van der Waals surface area contributed by atoms with E-state index < -0.39 is 0 Å². The minimum atomic E-state index is -0.378. The molecular weight excluding hydrogens is 245 g/mol. The lowest BCUT2D eigenvalue weighted by Crippen LogP contribution is -2.63. The molecule has 6 heteroatoms. The van der Waals surface area contributed by atoms with Gasteiger partial charge in [-0.1, -0.05) is 6.92 Å². The highest BCUT2D eigenvalue weighted by atomic mass is 19.1. The summed E-state index contributed by atoms with van der Waals surface area (Å²) >= 11 is 0. The highest BCUT2D eigenvalue weighted by Gasteiger charge is 2.34. The molecule has 0 unspecified atom stereocenters. The number of nitrogens with zero attached hydrogens (tertiary/aromatic N) is 5. The molecular formula is C13H20FN5. The fourth-order valence-electron chi connectivity index (χ4n) is 2.76. The molecule has 2 fully saturated rings. The Morgan fingerprint density at radius 2 is 1.79 bits per heavy atom. The van der Waals surface area contributed by atoms with Crippen LogP contribution in [0.5, 0.6) is 0 Å². The largest absolute Gasteiger partial charge is 0.338 e. The first-order valence-corrected chi connectivity index (χ1v) is 6.95. The van der Waals surface area contributed by atoms with Crippen molar-refractivity contribution in [2.24, 2.45) is 0 Å². The molecule has 0 atom stereocenters. The molecule has 2 saturated heterocycles. The summed E-state index contributed by atoms with van der Waals surface area (Å²) in [6, 6.07) is 0.604. The summed E-state index contributed by atoms with van der Waals surface area (Å²) in [4.78, 5) is 15.2. The maximum absolute atomic E-state index is 12.8. The van der Waals surface area contributed by atoms with Gasteiger partial charge in [-0.15, -0.1) is 0 Å². The third kappa shape index (κ3) is 2.69. The third-order valence-electron chi connectivity index (χ3n) is 4.12. The monoisotopic (exact) mass is 265 g/mol. The Kier molecular flexibility index (Phi) is 3.61. The van der Waals surface area contributed by atoms with Crippen molar-refractivity contribution in [3.63, 3.8) is 0 Å². The quantitative estimate of drug-likeness (QED) is 0.792. The summed E-state index contributed by atoms with van der Waals surface area (Å²) in [7, 11) is 0. The van der Waals surface area contributed by atoms with E-state index in [2.05, 4.69) is 31.6 Å². The van der Waals surface area contributed by atoms with Crippen molar-refractivity contribution >= 4 is 5.95 Å². The minimum absolute atomic E-state index is 0.378. The maximum Gasteiger partial charge on any atom is 0.225 e. The Bertz CT molecular complexity index is 410. The number of rotatable bonds is 3. The molecule has 104 valence electrons. The van der Waals surface area contributed by atoms with Gasteiger partial charge in [0.25, 0.3) is 0 Å². The van der Waals surface area contributed by atoms with E-state index in [9.17, 15) is 4.39 Å². The van der Waals surface area contributed by atoms with Gasteiger partial charge in [-0.25, -0.2) is 14.4 Å². The van der Waals surface area contributed by atoms with Gasteiger partial charge in [0.15, 0.2) is 5.82 Å².